The number of carbonyl (C=O) groups excluding carboxylic acids is 1. The van der Waals surface area contributed by atoms with E-state index in [4.69, 9.17) is 0 Å². The van der Waals surface area contributed by atoms with Crippen molar-refractivity contribution < 1.29 is 4.79 Å². The highest BCUT2D eigenvalue weighted by Gasteiger charge is 2.18. The summed E-state index contributed by atoms with van der Waals surface area (Å²) in [6.45, 7) is 10.5. The van der Waals surface area contributed by atoms with Crippen LogP contribution in [0.25, 0.3) is 0 Å². The second-order valence-corrected chi connectivity index (χ2v) is 7.44. The molecule has 1 fully saturated rings. The molecule has 7 heteroatoms. The Bertz CT molecular complexity index is 357. The third-order valence-electron chi connectivity index (χ3n) is 3.60. The molecule has 1 heterocycles. The number of aliphatic imine (C=N–C) groups is 1. The van der Waals surface area contributed by atoms with E-state index in [0.717, 1.165) is 45.0 Å². The van der Waals surface area contributed by atoms with Gasteiger partial charge in [-0.3, -0.25) is 9.79 Å². The number of rotatable bonds is 7. The lowest BCUT2D eigenvalue weighted by Crippen LogP contribution is -2.40. The zero-order valence-electron chi connectivity index (χ0n) is 14.3. The average Bonchev–Trinajstić information content (AvgIpc) is 2.99. The highest BCUT2D eigenvalue weighted by molar-refractivity contribution is 14.0. The number of nitrogens with zero attached hydrogens (tertiary/aromatic N) is 2. The van der Waals surface area contributed by atoms with Crippen molar-refractivity contribution in [1.29, 1.82) is 0 Å². The topological polar surface area (TPSA) is 56.7 Å². The fourth-order valence-electron chi connectivity index (χ4n) is 2.09. The Labute approximate surface area is 156 Å². The van der Waals surface area contributed by atoms with Gasteiger partial charge in [0.05, 0.1) is 6.54 Å². The number of amides is 1. The molecule has 0 aromatic carbocycles. The Kier molecular flexibility index (Phi) is 11.3. The summed E-state index contributed by atoms with van der Waals surface area (Å²) in [4.78, 5) is 18.5. The molecule has 0 aromatic rings. The van der Waals surface area contributed by atoms with E-state index in [0.29, 0.717) is 13.0 Å². The summed E-state index contributed by atoms with van der Waals surface area (Å²) in [5.41, 5.74) is 0. The van der Waals surface area contributed by atoms with Crippen LogP contribution in [0.5, 0.6) is 0 Å². The van der Waals surface area contributed by atoms with Crippen LogP contribution in [0.2, 0.25) is 0 Å². The molecule has 0 saturated carbocycles. The Morgan fingerprint density at radius 1 is 1.27 bits per heavy atom. The first-order valence-electron chi connectivity index (χ1n) is 7.83. The van der Waals surface area contributed by atoms with Crippen molar-refractivity contribution in [3.05, 3.63) is 0 Å². The first kappa shape index (κ1) is 21.8. The van der Waals surface area contributed by atoms with E-state index in [2.05, 4.69) is 35.7 Å². The normalized spacial score (nSPS) is 15.5. The zero-order valence-corrected chi connectivity index (χ0v) is 17.4. The molecular formula is C15H31IN4OS. The maximum absolute atomic E-state index is 12.0. The van der Waals surface area contributed by atoms with E-state index in [9.17, 15) is 4.79 Å². The van der Waals surface area contributed by atoms with Crippen molar-refractivity contribution in [1.82, 2.24) is 15.5 Å². The van der Waals surface area contributed by atoms with Crippen molar-refractivity contribution in [2.45, 2.75) is 44.8 Å². The molecule has 130 valence electrons. The molecule has 1 aliphatic rings. The van der Waals surface area contributed by atoms with E-state index in [1.54, 1.807) is 0 Å². The number of carbonyl (C=O) groups is 1. The highest BCUT2D eigenvalue weighted by Crippen LogP contribution is 2.20. The minimum atomic E-state index is 0. The number of guanidine groups is 1. The van der Waals surface area contributed by atoms with Gasteiger partial charge >= 0.3 is 0 Å². The lowest BCUT2D eigenvalue weighted by Gasteiger charge is -2.20. The molecule has 0 radical (unpaired) electrons. The number of likely N-dealkylation sites (tertiary alicyclic amines) is 1. The third-order valence-corrected chi connectivity index (χ3v) is 4.84. The summed E-state index contributed by atoms with van der Waals surface area (Å²) in [5.74, 6) is 1.05. The monoisotopic (exact) mass is 442 g/mol. The maximum atomic E-state index is 12.0. The van der Waals surface area contributed by atoms with Crippen LogP contribution in [0, 0.1) is 0 Å². The first-order chi connectivity index (χ1) is 9.98. The van der Waals surface area contributed by atoms with Crippen LogP contribution in [0.15, 0.2) is 4.99 Å². The minimum absolute atomic E-state index is 0. The molecule has 1 rings (SSSR count). The summed E-state index contributed by atoms with van der Waals surface area (Å²) < 4.78 is 0.133. The fraction of sp³-hybridized carbons (Fsp3) is 0.867. The average molecular weight is 442 g/mol. The van der Waals surface area contributed by atoms with Crippen molar-refractivity contribution in [3.8, 4) is 0 Å². The van der Waals surface area contributed by atoms with Gasteiger partial charge in [-0.05, 0) is 39.9 Å². The van der Waals surface area contributed by atoms with Crippen molar-refractivity contribution in [2.75, 3.05) is 39.0 Å². The highest BCUT2D eigenvalue weighted by atomic mass is 127. The molecule has 0 unspecified atom stereocenters. The van der Waals surface area contributed by atoms with E-state index in [-0.39, 0.29) is 34.6 Å². The summed E-state index contributed by atoms with van der Waals surface area (Å²) in [5, 5.41) is 6.48. The number of nitrogens with one attached hydrogen (secondary N) is 2. The van der Waals surface area contributed by atoms with E-state index in [1.165, 1.54) is 0 Å². The SMILES string of the molecule is CCNC(=NCC(C)(C)SC)NCCC(=O)N1CCCC1.I. The van der Waals surface area contributed by atoms with Gasteiger partial charge in [0.25, 0.3) is 0 Å². The molecule has 5 nitrogen and oxygen atoms in total. The predicted molar refractivity (Wildman–Crippen MR) is 107 cm³/mol. The number of hydrogen-bond acceptors (Lipinski definition) is 3. The number of halogens is 1. The fourth-order valence-corrected chi connectivity index (χ4v) is 2.28. The van der Waals surface area contributed by atoms with Gasteiger partial charge in [0, 0.05) is 37.3 Å². The zero-order chi connectivity index (χ0) is 15.7. The molecule has 0 aromatic heterocycles. The van der Waals surface area contributed by atoms with Gasteiger partial charge in [0.1, 0.15) is 0 Å². The molecule has 0 bridgehead atoms. The van der Waals surface area contributed by atoms with Gasteiger partial charge in [-0.2, -0.15) is 11.8 Å². The van der Waals surface area contributed by atoms with Gasteiger partial charge in [-0.25, -0.2) is 0 Å². The Morgan fingerprint density at radius 3 is 2.45 bits per heavy atom. The molecule has 2 N–H and O–H groups in total. The molecule has 1 saturated heterocycles. The molecule has 0 aliphatic carbocycles. The third kappa shape index (κ3) is 8.45. The predicted octanol–water partition coefficient (Wildman–Crippen LogP) is 2.31. The van der Waals surface area contributed by atoms with Crippen molar-refractivity contribution >= 4 is 47.6 Å². The summed E-state index contributed by atoms with van der Waals surface area (Å²) in [6, 6.07) is 0. The maximum Gasteiger partial charge on any atom is 0.224 e. The Hall–Kier alpha value is -0.180. The van der Waals surface area contributed by atoms with Crippen LogP contribution < -0.4 is 10.6 Å². The number of thioether (sulfide) groups is 1. The van der Waals surface area contributed by atoms with Crippen LogP contribution in [-0.2, 0) is 4.79 Å². The molecular weight excluding hydrogens is 411 g/mol. The molecule has 1 amide bonds. The minimum Gasteiger partial charge on any atom is -0.357 e. The summed E-state index contributed by atoms with van der Waals surface area (Å²) >= 11 is 1.81. The van der Waals surface area contributed by atoms with E-state index in [1.807, 2.05) is 23.6 Å². The van der Waals surface area contributed by atoms with Crippen molar-refractivity contribution in [3.63, 3.8) is 0 Å². The summed E-state index contributed by atoms with van der Waals surface area (Å²) in [6.07, 6.45) is 4.93. The largest absolute Gasteiger partial charge is 0.357 e. The van der Waals surface area contributed by atoms with Crippen LogP contribution >= 0.6 is 35.7 Å². The smallest absolute Gasteiger partial charge is 0.224 e. The second-order valence-electron chi connectivity index (χ2n) is 5.92. The first-order valence-corrected chi connectivity index (χ1v) is 9.06. The van der Waals surface area contributed by atoms with Crippen LogP contribution in [0.1, 0.15) is 40.0 Å². The van der Waals surface area contributed by atoms with Crippen LogP contribution in [-0.4, -0.2) is 60.5 Å². The van der Waals surface area contributed by atoms with E-state index < -0.39 is 0 Å². The molecule has 0 spiro atoms. The van der Waals surface area contributed by atoms with Crippen LogP contribution in [0.3, 0.4) is 0 Å². The van der Waals surface area contributed by atoms with Gasteiger partial charge in [-0.15, -0.1) is 24.0 Å². The van der Waals surface area contributed by atoms with Gasteiger partial charge in [-0.1, -0.05) is 0 Å². The van der Waals surface area contributed by atoms with Gasteiger partial charge in [0.2, 0.25) is 5.91 Å². The standard InChI is InChI=1S/C15H30N4OS.HI/c1-5-16-14(18-12-15(2,3)21-4)17-9-8-13(20)19-10-6-7-11-19;/h5-12H2,1-4H3,(H2,16,17,18);1H. The molecule has 0 atom stereocenters. The molecule has 22 heavy (non-hydrogen) atoms. The van der Waals surface area contributed by atoms with E-state index >= 15 is 0 Å². The van der Waals surface area contributed by atoms with Gasteiger partial charge in [0.15, 0.2) is 5.96 Å². The Balaban J connectivity index is 0.00000441. The Morgan fingerprint density at radius 2 is 1.91 bits per heavy atom. The second kappa shape index (κ2) is 11.4. The lowest BCUT2D eigenvalue weighted by atomic mass is 10.2. The van der Waals surface area contributed by atoms with Gasteiger partial charge < -0.3 is 15.5 Å². The summed E-state index contributed by atoms with van der Waals surface area (Å²) in [7, 11) is 0. The van der Waals surface area contributed by atoms with Crippen LogP contribution in [0.4, 0.5) is 0 Å². The van der Waals surface area contributed by atoms with Crippen molar-refractivity contribution in [2.24, 2.45) is 4.99 Å². The lowest BCUT2D eigenvalue weighted by molar-refractivity contribution is -0.129. The molecule has 1 aliphatic heterocycles. The quantitative estimate of drug-likeness (QED) is 0.361. The number of hydrogen-bond donors (Lipinski definition) is 2.